The third-order valence-electron chi connectivity index (χ3n) is 5.05. The van der Waals surface area contributed by atoms with E-state index in [4.69, 9.17) is 4.74 Å². The molecule has 1 saturated heterocycles. The average Bonchev–Trinajstić information content (AvgIpc) is 3.31. The van der Waals surface area contributed by atoms with Crippen LogP contribution in [0.3, 0.4) is 0 Å². The summed E-state index contributed by atoms with van der Waals surface area (Å²) < 4.78 is 11.7. The summed E-state index contributed by atoms with van der Waals surface area (Å²) in [7, 11) is 1.32. The highest BCUT2D eigenvalue weighted by atomic mass is 16.6. The molecule has 1 atom stereocenters. The van der Waals surface area contributed by atoms with Crippen molar-refractivity contribution in [3.05, 3.63) is 36.0 Å². The van der Waals surface area contributed by atoms with Gasteiger partial charge < -0.3 is 14.8 Å². The molecule has 30 heavy (non-hydrogen) atoms. The number of nitrogens with one attached hydrogen (secondary N) is 1. The van der Waals surface area contributed by atoms with Gasteiger partial charge in [0.1, 0.15) is 11.6 Å². The smallest absolute Gasteiger partial charge is 0.410 e. The van der Waals surface area contributed by atoms with Gasteiger partial charge >= 0.3 is 12.2 Å². The summed E-state index contributed by atoms with van der Waals surface area (Å²) in [5.74, 6) is -0.151. The topological polar surface area (TPSA) is 89.9 Å². The molecular formula is C22H29N3O5. The highest BCUT2D eigenvalue weighted by Crippen LogP contribution is 2.26. The lowest BCUT2D eigenvalue weighted by Gasteiger charge is -2.28. The van der Waals surface area contributed by atoms with Crippen molar-refractivity contribution >= 4 is 29.0 Å². The number of benzene rings is 1. The molecule has 0 spiro atoms. The van der Waals surface area contributed by atoms with Crippen molar-refractivity contribution in [3.8, 4) is 0 Å². The van der Waals surface area contributed by atoms with Crippen molar-refractivity contribution in [1.29, 1.82) is 0 Å². The third kappa shape index (κ3) is 4.75. The van der Waals surface area contributed by atoms with E-state index in [0.717, 1.165) is 22.9 Å². The van der Waals surface area contributed by atoms with Crippen LogP contribution < -0.4 is 5.32 Å². The van der Waals surface area contributed by atoms with E-state index in [1.165, 1.54) is 12.0 Å². The summed E-state index contributed by atoms with van der Waals surface area (Å²) in [6.45, 7) is 6.33. The number of hydrogen-bond donors (Lipinski definition) is 1. The first-order valence-corrected chi connectivity index (χ1v) is 10.2. The van der Waals surface area contributed by atoms with Gasteiger partial charge in [0.15, 0.2) is 0 Å². The van der Waals surface area contributed by atoms with E-state index in [2.05, 4.69) is 10.1 Å². The van der Waals surface area contributed by atoms with Gasteiger partial charge in [0.2, 0.25) is 0 Å². The van der Waals surface area contributed by atoms with Gasteiger partial charge in [-0.1, -0.05) is 18.2 Å². The van der Waals surface area contributed by atoms with E-state index in [9.17, 15) is 14.4 Å². The van der Waals surface area contributed by atoms with Crippen molar-refractivity contribution in [1.82, 2.24) is 14.8 Å². The number of methoxy groups -OCH3 is 1. The molecule has 1 aliphatic heterocycles. The van der Waals surface area contributed by atoms with Gasteiger partial charge in [-0.2, -0.15) is 0 Å². The quantitative estimate of drug-likeness (QED) is 0.824. The predicted octanol–water partition coefficient (Wildman–Crippen LogP) is 3.58. The van der Waals surface area contributed by atoms with E-state index in [0.29, 0.717) is 25.9 Å². The van der Waals surface area contributed by atoms with Gasteiger partial charge in [0.05, 0.1) is 12.6 Å². The van der Waals surface area contributed by atoms with Gasteiger partial charge in [-0.25, -0.2) is 9.59 Å². The molecule has 0 aliphatic carbocycles. The Bertz CT molecular complexity index is 944. The third-order valence-corrected chi connectivity index (χ3v) is 5.05. The van der Waals surface area contributed by atoms with E-state index in [1.54, 1.807) is 10.8 Å². The van der Waals surface area contributed by atoms with Crippen molar-refractivity contribution < 1.29 is 23.9 Å². The average molecular weight is 415 g/mol. The first-order valence-electron chi connectivity index (χ1n) is 10.2. The Morgan fingerprint density at radius 2 is 1.93 bits per heavy atom. The zero-order valence-corrected chi connectivity index (χ0v) is 17.9. The van der Waals surface area contributed by atoms with Crippen LogP contribution in [0.5, 0.6) is 0 Å². The number of carbonyl (C=O) groups excluding carboxylic acids is 3. The molecule has 0 bridgehead atoms. The van der Waals surface area contributed by atoms with Crippen molar-refractivity contribution in [3.63, 3.8) is 0 Å². The maximum atomic E-state index is 13.4. The number of alkyl carbamates (subject to hydrolysis) is 1. The zero-order valence-electron chi connectivity index (χ0n) is 17.9. The van der Waals surface area contributed by atoms with Gasteiger partial charge in [0.25, 0.3) is 5.91 Å². The van der Waals surface area contributed by atoms with Crippen LogP contribution in [0.25, 0.3) is 10.9 Å². The molecular weight excluding hydrogens is 386 g/mol. The molecule has 162 valence electrons. The summed E-state index contributed by atoms with van der Waals surface area (Å²) in [6, 6.07) is 7.07. The molecule has 8 nitrogen and oxygen atoms in total. The monoisotopic (exact) mass is 415 g/mol. The molecule has 0 saturated carbocycles. The Morgan fingerprint density at radius 1 is 1.20 bits per heavy atom. The Morgan fingerprint density at radius 3 is 2.63 bits per heavy atom. The Hall–Kier alpha value is -3.03. The highest BCUT2D eigenvalue weighted by molar-refractivity contribution is 5.98. The molecule has 1 aromatic heterocycles. The molecule has 8 heteroatoms. The van der Waals surface area contributed by atoms with E-state index < -0.39 is 23.8 Å². The van der Waals surface area contributed by atoms with Crippen LogP contribution in [0.4, 0.5) is 9.59 Å². The second kappa shape index (κ2) is 8.77. The van der Waals surface area contributed by atoms with Crippen LogP contribution in [0, 0.1) is 0 Å². The van der Waals surface area contributed by atoms with E-state index in [1.807, 2.05) is 45.0 Å². The number of likely N-dealkylation sites (tertiary alicyclic amines) is 1. The number of rotatable bonds is 4. The molecule has 0 radical (unpaired) electrons. The number of nitrogens with zero attached hydrogens (tertiary/aromatic N) is 2. The number of carbonyl (C=O) groups is 3. The molecule has 2 aromatic rings. The molecule has 1 fully saturated rings. The van der Waals surface area contributed by atoms with E-state index >= 15 is 0 Å². The van der Waals surface area contributed by atoms with Crippen molar-refractivity contribution in [2.24, 2.45) is 0 Å². The van der Waals surface area contributed by atoms with Crippen LogP contribution >= 0.6 is 0 Å². The van der Waals surface area contributed by atoms with E-state index in [-0.39, 0.29) is 5.91 Å². The Kier molecular flexibility index (Phi) is 6.34. The summed E-state index contributed by atoms with van der Waals surface area (Å²) in [5, 5.41) is 3.60. The maximum Gasteiger partial charge on any atom is 0.410 e. The lowest BCUT2D eigenvalue weighted by molar-refractivity contribution is 0.0211. The Balaban J connectivity index is 1.84. The predicted molar refractivity (Wildman–Crippen MR) is 113 cm³/mol. The van der Waals surface area contributed by atoms with Crippen LogP contribution in [0.1, 0.15) is 44.0 Å². The SMILES string of the molecule is COC(=O)NCCc1cn(C(=O)C2CCCN2C(=O)OC(C)(C)C)c2ccccc12. The molecule has 2 amide bonds. The van der Waals surface area contributed by atoms with Crippen LogP contribution in [0.2, 0.25) is 0 Å². The standard InChI is InChI=1S/C22H29N3O5/c1-22(2,3)30-21(28)24-13-7-10-18(24)19(26)25-14-15(11-12-23-20(27)29-4)16-8-5-6-9-17(16)25/h5-6,8-9,14,18H,7,10-13H2,1-4H3,(H,23,27). The first kappa shape index (κ1) is 21.7. The lowest BCUT2D eigenvalue weighted by Crippen LogP contribution is -2.44. The fourth-order valence-corrected chi connectivity index (χ4v) is 3.73. The summed E-state index contributed by atoms with van der Waals surface area (Å²) in [5.41, 5.74) is 1.11. The van der Waals surface area contributed by atoms with Crippen LogP contribution in [-0.2, 0) is 15.9 Å². The van der Waals surface area contributed by atoms with Gasteiger partial charge in [-0.15, -0.1) is 0 Å². The van der Waals surface area contributed by atoms with Crippen molar-refractivity contribution in [2.45, 2.75) is 51.7 Å². The normalized spacial score (nSPS) is 16.5. The molecule has 3 rings (SSSR count). The lowest BCUT2D eigenvalue weighted by atomic mass is 10.1. The number of fused-ring (bicyclic) bond motifs is 1. The number of para-hydroxylation sites is 1. The first-order chi connectivity index (χ1) is 14.2. The molecule has 1 aliphatic rings. The molecule has 1 unspecified atom stereocenters. The fourth-order valence-electron chi connectivity index (χ4n) is 3.73. The van der Waals surface area contributed by atoms with Crippen molar-refractivity contribution in [2.75, 3.05) is 20.2 Å². The number of amides is 2. The number of aromatic nitrogens is 1. The largest absolute Gasteiger partial charge is 0.453 e. The van der Waals surface area contributed by atoms with Crippen LogP contribution in [0.15, 0.2) is 30.5 Å². The molecule has 1 N–H and O–H groups in total. The minimum Gasteiger partial charge on any atom is -0.453 e. The second-order valence-electron chi connectivity index (χ2n) is 8.38. The van der Waals surface area contributed by atoms with Gasteiger partial charge in [0, 0.05) is 24.7 Å². The maximum absolute atomic E-state index is 13.4. The van der Waals surface area contributed by atoms with Gasteiger partial charge in [-0.05, 0) is 51.7 Å². The minimum atomic E-state index is -0.618. The summed E-state index contributed by atoms with van der Waals surface area (Å²) in [6.07, 6.45) is 2.76. The highest BCUT2D eigenvalue weighted by Gasteiger charge is 2.37. The van der Waals surface area contributed by atoms with Crippen LogP contribution in [-0.4, -0.2) is 59.4 Å². The fraction of sp³-hybridized carbons (Fsp3) is 0.500. The Labute approximate surface area is 176 Å². The van der Waals surface area contributed by atoms with Gasteiger partial charge in [-0.3, -0.25) is 14.3 Å². The number of hydrogen-bond acceptors (Lipinski definition) is 5. The summed E-state index contributed by atoms with van der Waals surface area (Å²) in [4.78, 5) is 38.8. The minimum absolute atomic E-state index is 0.151. The molecule has 2 heterocycles. The second-order valence-corrected chi connectivity index (χ2v) is 8.38. The zero-order chi connectivity index (χ0) is 21.9. The molecule has 1 aromatic carbocycles. The number of ether oxygens (including phenoxy) is 2. The summed E-state index contributed by atoms with van der Waals surface area (Å²) >= 11 is 0.